The third kappa shape index (κ3) is 1.32. The summed E-state index contributed by atoms with van der Waals surface area (Å²) >= 11 is 0. The molecule has 0 saturated carbocycles. The minimum Gasteiger partial charge on any atom is -0.309 e. The molecule has 0 N–H and O–H groups in total. The van der Waals surface area contributed by atoms with Gasteiger partial charge in [0.1, 0.15) is 5.52 Å². The van der Waals surface area contributed by atoms with E-state index in [1.807, 2.05) is 0 Å². The molecule has 2 heterocycles. The van der Waals surface area contributed by atoms with Gasteiger partial charge in [-0.1, -0.05) is 0 Å². The lowest BCUT2D eigenvalue weighted by molar-refractivity contribution is -0.137. The van der Waals surface area contributed by atoms with Gasteiger partial charge in [0.05, 0.1) is 5.56 Å². The van der Waals surface area contributed by atoms with Gasteiger partial charge in [-0.15, -0.1) is 0 Å². The van der Waals surface area contributed by atoms with Gasteiger partial charge in [-0.2, -0.15) is 13.2 Å². The van der Waals surface area contributed by atoms with Crippen LogP contribution < -0.4 is 0 Å². The van der Waals surface area contributed by atoms with Crippen LogP contribution in [0.5, 0.6) is 0 Å². The summed E-state index contributed by atoms with van der Waals surface area (Å²) in [4.78, 5) is 7.32. The minimum atomic E-state index is -4.38. The van der Waals surface area contributed by atoms with E-state index >= 15 is 0 Å². The van der Waals surface area contributed by atoms with Gasteiger partial charge >= 0.3 is 6.18 Å². The van der Waals surface area contributed by atoms with E-state index in [1.165, 1.54) is 4.57 Å². The third-order valence-corrected chi connectivity index (χ3v) is 1.81. The van der Waals surface area contributed by atoms with E-state index in [1.54, 1.807) is 7.05 Å². The van der Waals surface area contributed by atoms with Crippen LogP contribution in [0.2, 0.25) is 0 Å². The summed E-state index contributed by atoms with van der Waals surface area (Å²) in [6, 6.07) is 0.957. The predicted octanol–water partition coefficient (Wildman–Crippen LogP) is 1.79. The van der Waals surface area contributed by atoms with Gasteiger partial charge in [0.25, 0.3) is 0 Å². The number of halogens is 3. The van der Waals surface area contributed by atoms with Gasteiger partial charge in [0, 0.05) is 13.2 Å². The van der Waals surface area contributed by atoms with Gasteiger partial charge < -0.3 is 4.57 Å². The Bertz CT molecular complexity index is 472. The molecule has 0 aliphatic carbocycles. The van der Waals surface area contributed by atoms with Gasteiger partial charge in [0.2, 0.25) is 0 Å². The first-order valence-electron chi connectivity index (χ1n) is 3.76. The Kier molecular flexibility index (Phi) is 1.73. The molecule has 0 atom stereocenters. The Balaban J connectivity index is 2.63. The number of hydrogen-bond donors (Lipinski definition) is 0. The Morgan fingerprint density at radius 1 is 1.43 bits per heavy atom. The fraction of sp³-hybridized carbons (Fsp3) is 0.250. The molecule has 0 unspecified atom stereocenters. The molecule has 73 valence electrons. The van der Waals surface area contributed by atoms with Crippen LogP contribution in [-0.2, 0) is 13.2 Å². The summed E-state index contributed by atoms with van der Waals surface area (Å²) in [5.41, 5.74) is -0.211. The maximum Gasteiger partial charge on any atom is 0.417 e. The van der Waals surface area contributed by atoms with Gasteiger partial charge in [0.15, 0.2) is 12.0 Å². The molecule has 6 heteroatoms. The zero-order chi connectivity index (χ0) is 10.3. The molecule has 2 aromatic rings. The van der Waals surface area contributed by atoms with Crippen molar-refractivity contribution in [2.75, 3.05) is 0 Å². The van der Waals surface area contributed by atoms with E-state index in [-0.39, 0.29) is 5.52 Å². The molecule has 3 nitrogen and oxygen atoms in total. The first-order chi connectivity index (χ1) is 6.48. The van der Waals surface area contributed by atoms with Crippen molar-refractivity contribution in [1.82, 2.24) is 14.5 Å². The van der Waals surface area contributed by atoms with E-state index in [9.17, 15) is 13.2 Å². The molecule has 0 aliphatic rings. The lowest BCUT2D eigenvalue weighted by Crippen LogP contribution is -2.05. The summed E-state index contributed by atoms with van der Waals surface area (Å²) in [5, 5.41) is 0. The number of nitrogens with zero attached hydrogens (tertiary/aromatic N) is 3. The van der Waals surface area contributed by atoms with E-state index in [4.69, 9.17) is 0 Å². The van der Waals surface area contributed by atoms with Crippen LogP contribution in [-0.4, -0.2) is 14.5 Å². The molecular formula is C8H5F3N3. The predicted molar refractivity (Wildman–Crippen MR) is 42.3 cm³/mol. The summed E-state index contributed by atoms with van der Waals surface area (Å²) in [6.45, 7) is 0. The quantitative estimate of drug-likeness (QED) is 0.649. The molecule has 0 bridgehead atoms. The lowest BCUT2D eigenvalue weighted by atomic mass is 10.2. The number of pyridine rings is 1. The third-order valence-electron chi connectivity index (χ3n) is 1.81. The second-order valence-electron chi connectivity index (χ2n) is 2.84. The normalized spacial score (nSPS) is 12.3. The Morgan fingerprint density at radius 2 is 2.14 bits per heavy atom. The van der Waals surface area contributed by atoms with Crippen molar-refractivity contribution >= 4 is 11.2 Å². The second-order valence-corrected chi connectivity index (χ2v) is 2.84. The number of aromatic nitrogens is 3. The molecule has 0 aromatic carbocycles. The molecule has 0 amide bonds. The number of hydrogen-bond acceptors (Lipinski definition) is 2. The SMILES string of the molecule is Cn1[c]nc2cc(C(F)(F)F)cnc21. The molecule has 0 aliphatic heterocycles. The Labute approximate surface area is 77.2 Å². The molecule has 14 heavy (non-hydrogen) atoms. The molecule has 2 rings (SSSR count). The maximum atomic E-state index is 12.2. The maximum absolute atomic E-state index is 12.2. The fourth-order valence-corrected chi connectivity index (χ4v) is 1.12. The number of rotatable bonds is 0. The van der Waals surface area contributed by atoms with Crippen molar-refractivity contribution in [2.45, 2.75) is 6.18 Å². The van der Waals surface area contributed by atoms with E-state index in [0.717, 1.165) is 12.3 Å². The van der Waals surface area contributed by atoms with Crippen LogP contribution in [0.4, 0.5) is 13.2 Å². The Morgan fingerprint density at radius 3 is 2.79 bits per heavy atom. The van der Waals surface area contributed by atoms with Crippen molar-refractivity contribution in [3.8, 4) is 0 Å². The highest BCUT2D eigenvalue weighted by molar-refractivity contribution is 5.71. The van der Waals surface area contributed by atoms with Crippen molar-refractivity contribution in [3.63, 3.8) is 0 Å². The average Bonchev–Trinajstić information content (AvgIpc) is 2.46. The summed E-state index contributed by atoms with van der Waals surface area (Å²) in [5.74, 6) is 0. The molecule has 1 radical (unpaired) electrons. The first-order valence-corrected chi connectivity index (χ1v) is 3.76. The topological polar surface area (TPSA) is 30.7 Å². The van der Waals surface area contributed by atoms with Crippen LogP contribution in [0.15, 0.2) is 12.3 Å². The van der Waals surface area contributed by atoms with Crippen molar-refractivity contribution in [3.05, 3.63) is 24.2 Å². The molecule has 0 fully saturated rings. The Hall–Kier alpha value is -1.59. The van der Waals surface area contributed by atoms with Crippen LogP contribution in [0, 0.1) is 6.33 Å². The van der Waals surface area contributed by atoms with E-state index in [2.05, 4.69) is 16.3 Å². The fourth-order valence-electron chi connectivity index (χ4n) is 1.12. The zero-order valence-corrected chi connectivity index (χ0v) is 7.13. The average molecular weight is 200 g/mol. The smallest absolute Gasteiger partial charge is 0.309 e. The van der Waals surface area contributed by atoms with Gasteiger partial charge in [-0.25, -0.2) is 9.97 Å². The minimum absolute atomic E-state index is 0.197. The highest BCUT2D eigenvalue weighted by Crippen LogP contribution is 2.29. The first kappa shape index (κ1) is 8.98. The standard InChI is InChI=1S/C8H5F3N3/c1-14-4-13-6-2-5(8(9,10)11)3-12-7(6)14/h2-3H,1H3. The van der Waals surface area contributed by atoms with Crippen molar-refractivity contribution in [2.24, 2.45) is 7.05 Å². The molecular weight excluding hydrogens is 195 g/mol. The summed E-state index contributed by atoms with van der Waals surface area (Å²) < 4.78 is 38.2. The number of imidazole rings is 1. The van der Waals surface area contributed by atoms with E-state index in [0.29, 0.717) is 5.65 Å². The van der Waals surface area contributed by atoms with Crippen LogP contribution in [0.1, 0.15) is 5.56 Å². The number of alkyl halides is 3. The highest BCUT2D eigenvalue weighted by atomic mass is 19.4. The summed E-state index contributed by atoms with van der Waals surface area (Å²) in [7, 11) is 1.62. The van der Waals surface area contributed by atoms with Crippen LogP contribution in [0.3, 0.4) is 0 Å². The molecule has 2 aromatic heterocycles. The van der Waals surface area contributed by atoms with Gasteiger partial charge in [-0.05, 0) is 6.07 Å². The molecule has 0 spiro atoms. The van der Waals surface area contributed by atoms with Crippen molar-refractivity contribution in [1.29, 1.82) is 0 Å². The number of fused-ring (bicyclic) bond motifs is 1. The summed E-state index contributed by atoms with van der Waals surface area (Å²) in [6.07, 6.45) is -1.09. The zero-order valence-electron chi connectivity index (χ0n) is 7.13. The second kappa shape index (κ2) is 2.70. The van der Waals surface area contributed by atoms with Gasteiger partial charge in [-0.3, -0.25) is 0 Å². The van der Waals surface area contributed by atoms with Crippen LogP contribution in [0.25, 0.3) is 11.2 Å². The highest BCUT2D eigenvalue weighted by Gasteiger charge is 2.31. The lowest BCUT2D eigenvalue weighted by Gasteiger charge is -2.04. The van der Waals surface area contributed by atoms with E-state index < -0.39 is 11.7 Å². The largest absolute Gasteiger partial charge is 0.417 e. The molecule has 0 saturated heterocycles. The number of aryl methyl sites for hydroxylation is 1. The van der Waals surface area contributed by atoms with Crippen LogP contribution >= 0.6 is 0 Å². The van der Waals surface area contributed by atoms with Crippen molar-refractivity contribution < 1.29 is 13.2 Å². The monoisotopic (exact) mass is 200 g/mol.